The summed E-state index contributed by atoms with van der Waals surface area (Å²) in [6, 6.07) is 12.3. The van der Waals surface area contributed by atoms with Crippen molar-refractivity contribution in [2.75, 3.05) is 7.11 Å². The summed E-state index contributed by atoms with van der Waals surface area (Å²) < 4.78 is 5.16. The third kappa shape index (κ3) is 2.32. The zero-order chi connectivity index (χ0) is 13.1. The van der Waals surface area contributed by atoms with Crippen LogP contribution < -0.4 is 4.74 Å². The first-order valence-electron chi connectivity index (χ1n) is 5.51. The van der Waals surface area contributed by atoms with Crippen LogP contribution in [0.5, 0.6) is 5.75 Å². The number of nitro benzene ring substituents is 1. The van der Waals surface area contributed by atoms with E-state index in [-0.39, 0.29) is 10.6 Å². The van der Waals surface area contributed by atoms with Crippen LogP contribution in [-0.2, 0) is 0 Å². The molecule has 0 aromatic heterocycles. The Morgan fingerprint density at radius 1 is 1.17 bits per heavy atom. The summed E-state index contributed by atoms with van der Waals surface area (Å²) in [5, 5.41) is 10.8. The largest absolute Gasteiger partial charge is 0.497 e. The molecule has 0 fully saturated rings. The van der Waals surface area contributed by atoms with Crippen LogP contribution in [0, 0.1) is 17.0 Å². The molecule has 2 aromatic rings. The van der Waals surface area contributed by atoms with E-state index in [4.69, 9.17) is 4.74 Å². The van der Waals surface area contributed by atoms with Gasteiger partial charge in [0.15, 0.2) is 0 Å². The molecule has 0 aliphatic carbocycles. The van der Waals surface area contributed by atoms with Crippen molar-refractivity contribution in [1.82, 2.24) is 0 Å². The van der Waals surface area contributed by atoms with E-state index >= 15 is 0 Å². The number of hydrogen-bond donors (Lipinski definition) is 0. The Hall–Kier alpha value is -2.36. The SMILES string of the molecule is COc1cccc(-c2cc([N+](=O)[O-])ccc2C)c1. The van der Waals surface area contributed by atoms with Gasteiger partial charge in [-0.3, -0.25) is 10.1 Å². The van der Waals surface area contributed by atoms with Crippen molar-refractivity contribution in [3.63, 3.8) is 0 Å². The summed E-state index contributed by atoms with van der Waals surface area (Å²) in [4.78, 5) is 10.4. The molecule has 92 valence electrons. The Balaban J connectivity index is 2.54. The zero-order valence-corrected chi connectivity index (χ0v) is 10.2. The first kappa shape index (κ1) is 12.1. The van der Waals surface area contributed by atoms with Crippen LogP contribution in [0.3, 0.4) is 0 Å². The summed E-state index contributed by atoms with van der Waals surface area (Å²) in [5.74, 6) is 0.735. The summed E-state index contributed by atoms with van der Waals surface area (Å²) >= 11 is 0. The molecule has 0 spiro atoms. The molecule has 0 unspecified atom stereocenters. The molecule has 0 atom stereocenters. The van der Waals surface area contributed by atoms with Crippen molar-refractivity contribution >= 4 is 5.69 Å². The van der Waals surface area contributed by atoms with E-state index in [0.717, 1.165) is 22.4 Å². The van der Waals surface area contributed by atoms with Crippen molar-refractivity contribution < 1.29 is 9.66 Å². The number of nitrogens with zero attached hydrogens (tertiary/aromatic N) is 1. The molecule has 4 nitrogen and oxygen atoms in total. The van der Waals surface area contributed by atoms with Gasteiger partial charge in [0.1, 0.15) is 5.75 Å². The molecule has 0 saturated heterocycles. The number of nitro groups is 1. The minimum Gasteiger partial charge on any atom is -0.497 e. The molecule has 0 heterocycles. The van der Waals surface area contributed by atoms with Crippen LogP contribution in [0.4, 0.5) is 5.69 Å². The first-order valence-corrected chi connectivity index (χ1v) is 5.51. The van der Waals surface area contributed by atoms with Crippen molar-refractivity contribution in [1.29, 1.82) is 0 Å². The average molecular weight is 243 g/mol. The van der Waals surface area contributed by atoms with E-state index in [0.29, 0.717) is 0 Å². The van der Waals surface area contributed by atoms with Gasteiger partial charge in [-0.05, 0) is 35.7 Å². The molecule has 18 heavy (non-hydrogen) atoms. The van der Waals surface area contributed by atoms with Crippen LogP contribution >= 0.6 is 0 Å². The molecular weight excluding hydrogens is 230 g/mol. The standard InChI is InChI=1S/C14H13NO3/c1-10-6-7-12(15(16)17)9-14(10)11-4-3-5-13(8-11)18-2/h3-9H,1-2H3. The van der Waals surface area contributed by atoms with E-state index in [1.807, 2.05) is 31.2 Å². The molecule has 0 aliphatic rings. The average Bonchev–Trinajstić information content (AvgIpc) is 2.39. The van der Waals surface area contributed by atoms with Gasteiger partial charge in [-0.25, -0.2) is 0 Å². The Bertz CT molecular complexity index is 593. The third-order valence-corrected chi connectivity index (χ3v) is 2.81. The van der Waals surface area contributed by atoms with Gasteiger partial charge >= 0.3 is 0 Å². The predicted molar refractivity (Wildman–Crippen MR) is 69.8 cm³/mol. The number of non-ortho nitro benzene ring substituents is 1. The Morgan fingerprint density at radius 2 is 1.94 bits per heavy atom. The van der Waals surface area contributed by atoms with Gasteiger partial charge in [0.25, 0.3) is 5.69 Å². The molecule has 0 aliphatic heterocycles. The molecule has 4 heteroatoms. The highest BCUT2D eigenvalue weighted by molar-refractivity contribution is 5.70. The quantitative estimate of drug-likeness (QED) is 0.611. The summed E-state index contributed by atoms with van der Waals surface area (Å²) in [6.45, 7) is 1.93. The fourth-order valence-corrected chi connectivity index (χ4v) is 1.83. The van der Waals surface area contributed by atoms with Gasteiger partial charge in [-0.1, -0.05) is 18.2 Å². The van der Waals surface area contributed by atoms with Gasteiger partial charge in [-0.15, -0.1) is 0 Å². The van der Waals surface area contributed by atoms with Crippen molar-refractivity contribution in [2.24, 2.45) is 0 Å². The van der Waals surface area contributed by atoms with E-state index in [9.17, 15) is 10.1 Å². The second-order valence-corrected chi connectivity index (χ2v) is 3.99. The van der Waals surface area contributed by atoms with Gasteiger partial charge < -0.3 is 4.74 Å². The monoisotopic (exact) mass is 243 g/mol. The topological polar surface area (TPSA) is 52.4 Å². The van der Waals surface area contributed by atoms with E-state index < -0.39 is 0 Å². The number of rotatable bonds is 3. The maximum absolute atomic E-state index is 10.8. The molecule has 2 rings (SSSR count). The van der Waals surface area contributed by atoms with Crippen LogP contribution in [0.1, 0.15) is 5.56 Å². The second kappa shape index (κ2) is 4.87. The molecule has 0 saturated carbocycles. The lowest BCUT2D eigenvalue weighted by Crippen LogP contribution is -1.91. The number of benzene rings is 2. The van der Waals surface area contributed by atoms with E-state index in [1.165, 1.54) is 6.07 Å². The molecule has 0 bridgehead atoms. The van der Waals surface area contributed by atoms with Crippen molar-refractivity contribution in [3.8, 4) is 16.9 Å². The summed E-state index contributed by atoms with van der Waals surface area (Å²) in [5.41, 5.74) is 2.85. The summed E-state index contributed by atoms with van der Waals surface area (Å²) in [6.07, 6.45) is 0. The number of aryl methyl sites for hydroxylation is 1. The van der Waals surface area contributed by atoms with Crippen molar-refractivity contribution in [3.05, 3.63) is 58.1 Å². The lowest BCUT2D eigenvalue weighted by Gasteiger charge is -2.07. The normalized spacial score (nSPS) is 10.1. The van der Waals surface area contributed by atoms with Crippen LogP contribution in [0.2, 0.25) is 0 Å². The highest BCUT2D eigenvalue weighted by Gasteiger charge is 2.10. The smallest absolute Gasteiger partial charge is 0.270 e. The molecule has 0 radical (unpaired) electrons. The minimum absolute atomic E-state index is 0.0958. The molecule has 0 N–H and O–H groups in total. The first-order chi connectivity index (χ1) is 8.61. The maximum atomic E-state index is 10.8. The Morgan fingerprint density at radius 3 is 2.61 bits per heavy atom. The van der Waals surface area contributed by atoms with Gasteiger partial charge in [0.05, 0.1) is 12.0 Å². The Kier molecular flexibility index (Phi) is 3.28. The lowest BCUT2D eigenvalue weighted by atomic mass is 10.00. The number of ether oxygens (including phenoxy) is 1. The fraction of sp³-hybridized carbons (Fsp3) is 0.143. The van der Waals surface area contributed by atoms with Gasteiger partial charge in [0, 0.05) is 12.1 Å². The van der Waals surface area contributed by atoms with Gasteiger partial charge in [0.2, 0.25) is 0 Å². The third-order valence-electron chi connectivity index (χ3n) is 2.81. The number of hydrogen-bond acceptors (Lipinski definition) is 3. The van der Waals surface area contributed by atoms with Gasteiger partial charge in [-0.2, -0.15) is 0 Å². The van der Waals surface area contributed by atoms with Crippen molar-refractivity contribution in [2.45, 2.75) is 6.92 Å². The van der Waals surface area contributed by atoms with Crippen LogP contribution in [-0.4, -0.2) is 12.0 Å². The fourth-order valence-electron chi connectivity index (χ4n) is 1.83. The molecular formula is C14H13NO3. The molecule has 0 amide bonds. The highest BCUT2D eigenvalue weighted by atomic mass is 16.6. The Labute approximate surface area is 105 Å². The second-order valence-electron chi connectivity index (χ2n) is 3.99. The summed E-state index contributed by atoms with van der Waals surface area (Å²) in [7, 11) is 1.60. The maximum Gasteiger partial charge on any atom is 0.270 e. The lowest BCUT2D eigenvalue weighted by molar-refractivity contribution is -0.384. The highest BCUT2D eigenvalue weighted by Crippen LogP contribution is 2.29. The minimum atomic E-state index is -0.386. The van der Waals surface area contributed by atoms with Crippen LogP contribution in [0.25, 0.3) is 11.1 Å². The molecule has 2 aromatic carbocycles. The number of methoxy groups -OCH3 is 1. The van der Waals surface area contributed by atoms with E-state index in [2.05, 4.69) is 0 Å². The predicted octanol–water partition coefficient (Wildman–Crippen LogP) is 3.58. The van der Waals surface area contributed by atoms with E-state index in [1.54, 1.807) is 19.2 Å². The van der Waals surface area contributed by atoms with Crippen LogP contribution in [0.15, 0.2) is 42.5 Å². The zero-order valence-electron chi connectivity index (χ0n) is 10.2.